The number of nitrogens with zero attached hydrogens (tertiary/aromatic N) is 1. The van der Waals surface area contributed by atoms with E-state index in [0.717, 1.165) is 6.42 Å². The minimum atomic E-state index is -0.556. The predicted octanol–water partition coefficient (Wildman–Crippen LogP) is 4.17. The van der Waals surface area contributed by atoms with Gasteiger partial charge in [-0.15, -0.1) is 0 Å². The summed E-state index contributed by atoms with van der Waals surface area (Å²) in [6, 6.07) is 4.92. The third kappa shape index (κ3) is 7.11. The van der Waals surface area contributed by atoms with Crippen LogP contribution in [0.3, 0.4) is 0 Å². The second-order valence-corrected chi connectivity index (χ2v) is 8.74. The summed E-state index contributed by atoms with van der Waals surface area (Å²) in [6.07, 6.45) is 0.357. The molecule has 0 radical (unpaired) electrons. The number of hydrogen-bond donors (Lipinski definition) is 2. The van der Waals surface area contributed by atoms with Crippen molar-refractivity contribution in [1.29, 1.82) is 0 Å². The molecule has 1 aromatic rings. The third-order valence-electron chi connectivity index (χ3n) is 4.32. The molecule has 2 amide bonds. The van der Waals surface area contributed by atoms with Crippen LogP contribution in [0.2, 0.25) is 10.0 Å². The average Bonchev–Trinajstić information content (AvgIpc) is 2.52. The van der Waals surface area contributed by atoms with E-state index in [1.165, 1.54) is 0 Å². The molecular weight excluding hydrogens is 389 g/mol. The number of hydrogen-bond acceptors (Lipinski definition) is 4. The molecule has 27 heavy (non-hydrogen) atoms. The van der Waals surface area contributed by atoms with Gasteiger partial charge in [0.25, 0.3) is 0 Å². The smallest absolute Gasteiger partial charge is 0.407 e. The van der Waals surface area contributed by atoms with Crippen molar-refractivity contribution in [3.05, 3.63) is 28.2 Å². The first-order valence-corrected chi connectivity index (χ1v) is 9.76. The molecule has 2 rings (SSSR count). The lowest BCUT2D eigenvalue weighted by Crippen LogP contribution is -2.54. The Hall–Kier alpha value is -1.66. The molecule has 0 saturated carbocycles. The zero-order valence-corrected chi connectivity index (χ0v) is 17.7. The summed E-state index contributed by atoms with van der Waals surface area (Å²) < 4.78 is 5.32. The summed E-state index contributed by atoms with van der Waals surface area (Å²) in [6.45, 7) is 8.77. The van der Waals surface area contributed by atoms with Gasteiger partial charge in [0.15, 0.2) is 0 Å². The number of amides is 2. The molecule has 1 aliphatic rings. The van der Waals surface area contributed by atoms with E-state index >= 15 is 0 Å². The van der Waals surface area contributed by atoms with Crippen LogP contribution >= 0.6 is 23.2 Å². The third-order valence-corrected chi connectivity index (χ3v) is 4.76. The minimum absolute atomic E-state index is 0.0472. The van der Waals surface area contributed by atoms with Gasteiger partial charge in [-0.3, -0.25) is 4.79 Å². The SMILES string of the molecule is C[C@@H]1CCN(C(=O)CNc2cc(Cl)cc(Cl)c2)C[C@@H]1NC(=O)OC(C)(C)C. The van der Waals surface area contributed by atoms with Crippen molar-refractivity contribution in [3.63, 3.8) is 0 Å². The maximum atomic E-state index is 12.6. The fourth-order valence-corrected chi connectivity index (χ4v) is 3.41. The number of likely N-dealkylation sites (tertiary alicyclic amines) is 1. The van der Waals surface area contributed by atoms with E-state index in [1.807, 2.05) is 20.8 Å². The predicted molar refractivity (Wildman–Crippen MR) is 108 cm³/mol. The molecule has 1 aromatic carbocycles. The second kappa shape index (κ2) is 9.02. The molecule has 0 aliphatic carbocycles. The molecule has 1 aliphatic heterocycles. The lowest BCUT2D eigenvalue weighted by atomic mass is 9.93. The van der Waals surface area contributed by atoms with Crippen molar-refractivity contribution in [1.82, 2.24) is 10.2 Å². The molecule has 6 nitrogen and oxygen atoms in total. The number of benzene rings is 1. The number of halogens is 2. The highest BCUT2D eigenvalue weighted by atomic mass is 35.5. The van der Waals surface area contributed by atoms with E-state index in [2.05, 4.69) is 17.6 Å². The van der Waals surface area contributed by atoms with E-state index in [1.54, 1.807) is 23.1 Å². The summed E-state index contributed by atoms with van der Waals surface area (Å²) in [5, 5.41) is 6.95. The van der Waals surface area contributed by atoms with Crippen LogP contribution in [0.15, 0.2) is 18.2 Å². The maximum Gasteiger partial charge on any atom is 0.407 e. The molecule has 8 heteroatoms. The van der Waals surface area contributed by atoms with E-state index in [0.29, 0.717) is 28.8 Å². The number of alkyl carbamates (subject to hydrolysis) is 1. The molecule has 1 saturated heterocycles. The van der Waals surface area contributed by atoms with Crippen molar-refractivity contribution in [3.8, 4) is 0 Å². The molecule has 0 unspecified atom stereocenters. The number of carbonyl (C=O) groups excluding carboxylic acids is 2. The summed E-state index contributed by atoms with van der Waals surface area (Å²) >= 11 is 11.9. The van der Waals surface area contributed by atoms with Gasteiger partial charge in [-0.25, -0.2) is 4.79 Å². The highest BCUT2D eigenvalue weighted by Crippen LogP contribution is 2.23. The highest BCUT2D eigenvalue weighted by Gasteiger charge is 2.31. The molecule has 0 aromatic heterocycles. The van der Waals surface area contributed by atoms with Crippen LogP contribution in [0, 0.1) is 5.92 Å². The van der Waals surface area contributed by atoms with Crippen LogP contribution in [-0.4, -0.2) is 48.2 Å². The van der Waals surface area contributed by atoms with Crippen LogP contribution in [0.25, 0.3) is 0 Å². The van der Waals surface area contributed by atoms with Gasteiger partial charge >= 0.3 is 6.09 Å². The lowest BCUT2D eigenvalue weighted by Gasteiger charge is -2.37. The van der Waals surface area contributed by atoms with Crippen molar-refractivity contribution in [2.75, 3.05) is 25.0 Å². The van der Waals surface area contributed by atoms with Crippen LogP contribution < -0.4 is 10.6 Å². The first kappa shape index (κ1) is 21.6. The molecule has 2 N–H and O–H groups in total. The molecule has 0 spiro atoms. The Kier molecular flexibility index (Phi) is 7.23. The topological polar surface area (TPSA) is 70.7 Å². The minimum Gasteiger partial charge on any atom is -0.444 e. The first-order chi connectivity index (χ1) is 12.5. The molecule has 1 fully saturated rings. The van der Waals surface area contributed by atoms with Gasteiger partial charge in [-0.1, -0.05) is 30.1 Å². The van der Waals surface area contributed by atoms with Gasteiger partial charge in [-0.2, -0.15) is 0 Å². The Morgan fingerprint density at radius 1 is 1.22 bits per heavy atom. The van der Waals surface area contributed by atoms with Gasteiger partial charge < -0.3 is 20.3 Å². The quantitative estimate of drug-likeness (QED) is 0.773. The molecule has 150 valence electrons. The van der Waals surface area contributed by atoms with Crippen molar-refractivity contribution < 1.29 is 14.3 Å². The standard InChI is InChI=1S/C19H27Cl2N3O3/c1-12-5-6-24(11-16(12)23-18(26)27-19(2,3)4)17(25)10-22-15-8-13(20)7-14(21)9-15/h7-9,12,16,22H,5-6,10-11H2,1-4H3,(H,23,26)/t12-,16+/m1/s1. The Morgan fingerprint density at radius 2 is 1.85 bits per heavy atom. The summed E-state index contributed by atoms with van der Waals surface area (Å²) in [7, 11) is 0. The fourth-order valence-electron chi connectivity index (χ4n) is 2.89. The van der Waals surface area contributed by atoms with Gasteiger partial charge in [0, 0.05) is 28.8 Å². The highest BCUT2D eigenvalue weighted by molar-refractivity contribution is 6.35. The van der Waals surface area contributed by atoms with Gasteiger partial charge in [0.05, 0.1) is 12.6 Å². The van der Waals surface area contributed by atoms with E-state index in [4.69, 9.17) is 27.9 Å². The molecule has 0 bridgehead atoms. The van der Waals surface area contributed by atoms with Crippen LogP contribution in [0.5, 0.6) is 0 Å². The lowest BCUT2D eigenvalue weighted by molar-refractivity contribution is -0.131. The van der Waals surface area contributed by atoms with Gasteiger partial charge in [0.2, 0.25) is 5.91 Å². The van der Waals surface area contributed by atoms with Crippen molar-refractivity contribution >= 4 is 40.9 Å². The first-order valence-electron chi connectivity index (χ1n) is 9.01. The van der Waals surface area contributed by atoms with E-state index in [9.17, 15) is 9.59 Å². The second-order valence-electron chi connectivity index (χ2n) is 7.87. The molecule has 2 atom stereocenters. The van der Waals surface area contributed by atoms with E-state index < -0.39 is 11.7 Å². The van der Waals surface area contributed by atoms with Gasteiger partial charge in [0.1, 0.15) is 5.60 Å². The van der Waals surface area contributed by atoms with Crippen molar-refractivity contribution in [2.45, 2.75) is 45.8 Å². The number of rotatable bonds is 4. The maximum absolute atomic E-state index is 12.6. The molecular formula is C19H27Cl2N3O3. The summed E-state index contributed by atoms with van der Waals surface area (Å²) in [5.74, 6) is 0.218. The summed E-state index contributed by atoms with van der Waals surface area (Å²) in [4.78, 5) is 26.4. The average molecular weight is 416 g/mol. The van der Waals surface area contributed by atoms with Crippen LogP contribution in [0.1, 0.15) is 34.1 Å². The number of carbonyl (C=O) groups is 2. The number of piperidine rings is 1. The Labute approximate surface area is 170 Å². The van der Waals surface area contributed by atoms with Crippen LogP contribution in [0.4, 0.5) is 10.5 Å². The number of ether oxygens (including phenoxy) is 1. The Balaban J connectivity index is 1.90. The largest absolute Gasteiger partial charge is 0.444 e. The fraction of sp³-hybridized carbons (Fsp3) is 0.579. The normalized spacial score (nSPS) is 20.1. The van der Waals surface area contributed by atoms with E-state index in [-0.39, 0.29) is 24.4 Å². The Bertz CT molecular complexity index is 671. The monoisotopic (exact) mass is 415 g/mol. The van der Waals surface area contributed by atoms with Crippen LogP contribution in [-0.2, 0) is 9.53 Å². The molecule has 1 heterocycles. The Morgan fingerprint density at radius 3 is 2.44 bits per heavy atom. The zero-order valence-electron chi connectivity index (χ0n) is 16.1. The summed E-state index contributed by atoms with van der Waals surface area (Å²) in [5.41, 5.74) is 0.134. The number of anilines is 1. The van der Waals surface area contributed by atoms with Gasteiger partial charge in [-0.05, 0) is 51.3 Å². The van der Waals surface area contributed by atoms with Crippen molar-refractivity contribution in [2.24, 2.45) is 5.92 Å². The zero-order chi connectivity index (χ0) is 20.2. The number of nitrogens with one attached hydrogen (secondary N) is 2.